The fourth-order valence-electron chi connectivity index (χ4n) is 3.52. The maximum atomic E-state index is 5.93. The van der Waals surface area contributed by atoms with Crippen molar-refractivity contribution in [2.75, 3.05) is 17.6 Å². The molecule has 112 valence electrons. The SMILES string of the molecule is Cc1cc(NCC2CCCC(C)C2)c2cc(N)ccc2n1. The third-order valence-electron chi connectivity index (χ3n) is 4.59. The van der Waals surface area contributed by atoms with E-state index in [1.54, 1.807) is 0 Å². The van der Waals surface area contributed by atoms with Gasteiger partial charge in [0, 0.05) is 29.0 Å². The van der Waals surface area contributed by atoms with Crippen molar-refractivity contribution in [3.8, 4) is 0 Å². The zero-order valence-corrected chi connectivity index (χ0v) is 13.0. The zero-order valence-electron chi connectivity index (χ0n) is 13.0. The first-order valence-electron chi connectivity index (χ1n) is 8.02. The van der Waals surface area contributed by atoms with E-state index in [0.717, 1.165) is 40.7 Å². The van der Waals surface area contributed by atoms with Crippen molar-refractivity contribution < 1.29 is 0 Å². The number of nitrogens with two attached hydrogens (primary N) is 1. The van der Waals surface area contributed by atoms with Crippen molar-refractivity contribution in [2.45, 2.75) is 39.5 Å². The Balaban J connectivity index is 1.81. The second-order valence-electron chi connectivity index (χ2n) is 6.61. The highest BCUT2D eigenvalue weighted by Gasteiger charge is 2.18. The Morgan fingerprint density at radius 3 is 2.95 bits per heavy atom. The summed E-state index contributed by atoms with van der Waals surface area (Å²) in [4.78, 5) is 4.59. The van der Waals surface area contributed by atoms with Gasteiger partial charge >= 0.3 is 0 Å². The summed E-state index contributed by atoms with van der Waals surface area (Å²) in [6, 6.07) is 8.08. The van der Waals surface area contributed by atoms with Crippen LogP contribution in [0.15, 0.2) is 24.3 Å². The molecule has 0 bridgehead atoms. The van der Waals surface area contributed by atoms with E-state index in [9.17, 15) is 0 Å². The number of aryl methyl sites for hydroxylation is 1. The predicted octanol–water partition coefficient (Wildman–Crippen LogP) is 4.36. The van der Waals surface area contributed by atoms with Gasteiger partial charge in [0.15, 0.2) is 0 Å². The molecule has 2 unspecified atom stereocenters. The molecule has 1 aliphatic carbocycles. The van der Waals surface area contributed by atoms with Gasteiger partial charge in [-0.1, -0.05) is 19.8 Å². The minimum absolute atomic E-state index is 0.790. The molecule has 3 heteroatoms. The van der Waals surface area contributed by atoms with Crippen molar-refractivity contribution in [2.24, 2.45) is 11.8 Å². The van der Waals surface area contributed by atoms with Crippen LogP contribution in [-0.4, -0.2) is 11.5 Å². The Hall–Kier alpha value is -1.77. The third-order valence-corrected chi connectivity index (χ3v) is 4.59. The van der Waals surface area contributed by atoms with Gasteiger partial charge in [0.25, 0.3) is 0 Å². The first-order chi connectivity index (χ1) is 10.1. The lowest BCUT2D eigenvalue weighted by Crippen LogP contribution is -2.21. The second kappa shape index (κ2) is 5.92. The summed E-state index contributed by atoms with van der Waals surface area (Å²) in [6.45, 7) is 5.47. The van der Waals surface area contributed by atoms with Gasteiger partial charge in [-0.25, -0.2) is 0 Å². The molecule has 1 aromatic carbocycles. The van der Waals surface area contributed by atoms with Crippen molar-refractivity contribution >= 4 is 22.3 Å². The third kappa shape index (κ3) is 3.29. The Morgan fingerprint density at radius 2 is 2.14 bits per heavy atom. The molecule has 1 heterocycles. The highest BCUT2D eigenvalue weighted by molar-refractivity contribution is 5.93. The number of benzene rings is 1. The molecule has 3 nitrogen and oxygen atoms in total. The lowest BCUT2D eigenvalue weighted by Gasteiger charge is -2.27. The fraction of sp³-hybridized carbons (Fsp3) is 0.500. The topological polar surface area (TPSA) is 50.9 Å². The summed E-state index contributed by atoms with van der Waals surface area (Å²) in [5, 5.41) is 4.78. The van der Waals surface area contributed by atoms with Crippen LogP contribution >= 0.6 is 0 Å². The van der Waals surface area contributed by atoms with Crippen LogP contribution in [0.5, 0.6) is 0 Å². The average molecular weight is 283 g/mol. The number of aromatic nitrogens is 1. The van der Waals surface area contributed by atoms with Crippen LogP contribution in [0.2, 0.25) is 0 Å². The first-order valence-corrected chi connectivity index (χ1v) is 8.02. The average Bonchev–Trinajstić information content (AvgIpc) is 2.45. The molecule has 1 saturated carbocycles. The van der Waals surface area contributed by atoms with E-state index in [2.05, 4.69) is 23.3 Å². The molecule has 0 aliphatic heterocycles. The van der Waals surface area contributed by atoms with E-state index in [-0.39, 0.29) is 0 Å². The zero-order chi connectivity index (χ0) is 14.8. The van der Waals surface area contributed by atoms with Gasteiger partial charge < -0.3 is 11.1 Å². The summed E-state index contributed by atoms with van der Waals surface area (Å²) in [5.41, 5.74) is 9.96. The van der Waals surface area contributed by atoms with Crippen LogP contribution in [0, 0.1) is 18.8 Å². The number of fused-ring (bicyclic) bond motifs is 1. The van der Waals surface area contributed by atoms with E-state index in [0.29, 0.717) is 0 Å². The molecule has 0 amide bonds. The minimum Gasteiger partial charge on any atom is -0.399 e. The van der Waals surface area contributed by atoms with Crippen LogP contribution in [0.4, 0.5) is 11.4 Å². The fourth-order valence-corrected chi connectivity index (χ4v) is 3.52. The molecule has 0 saturated heterocycles. The van der Waals surface area contributed by atoms with E-state index in [1.165, 1.54) is 31.4 Å². The van der Waals surface area contributed by atoms with Crippen LogP contribution in [0.25, 0.3) is 10.9 Å². The molecule has 0 spiro atoms. The molecule has 1 aliphatic rings. The number of hydrogen-bond donors (Lipinski definition) is 2. The summed E-state index contributed by atoms with van der Waals surface area (Å²) in [6.07, 6.45) is 5.46. The van der Waals surface area contributed by atoms with E-state index < -0.39 is 0 Å². The molecule has 3 rings (SSSR count). The molecule has 1 fully saturated rings. The Bertz CT molecular complexity index is 636. The van der Waals surface area contributed by atoms with Crippen molar-refractivity contribution in [1.82, 2.24) is 4.98 Å². The van der Waals surface area contributed by atoms with E-state index in [4.69, 9.17) is 5.73 Å². The smallest absolute Gasteiger partial charge is 0.0727 e. The maximum absolute atomic E-state index is 5.93. The summed E-state index contributed by atoms with van der Waals surface area (Å²) in [7, 11) is 0. The van der Waals surface area contributed by atoms with E-state index >= 15 is 0 Å². The van der Waals surface area contributed by atoms with Gasteiger partial charge in [-0.3, -0.25) is 4.98 Å². The summed E-state index contributed by atoms with van der Waals surface area (Å²) >= 11 is 0. The largest absolute Gasteiger partial charge is 0.399 e. The van der Waals surface area contributed by atoms with Crippen LogP contribution < -0.4 is 11.1 Å². The van der Waals surface area contributed by atoms with Gasteiger partial charge in [0.05, 0.1) is 5.52 Å². The highest BCUT2D eigenvalue weighted by atomic mass is 14.9. The number of anilines is 2. The number of nitrogens with one attached hydrogen (secondary N) is 1. The quantitative estimate of drug-likeness (QED) is 0.823. The van der Waals surface area contributed by atoms with Crippen LogP contribution in [0.3, 0.4) is 0 Å². The lowest BCUT2D eigenvalue weighted by atomic mass is 9.82. The van der Waals surface area contributed by atoms with Gasteiger partial charge in [-0.15, -0.1) is 0 Å². The Morgan fingerprint density at radius 1 is 1.29 bits per heavy atom. The van der Waals surface area contributed by atoms with Gasteiger partial charge in [-0.05, 0) is 55.9 Å². The van der Waals surface area contributed by atoms with Gasteiger partial charge in [0.2, 0.25) is 0 Å². The normalized spacial score (nSPS) is 22.4. The summed E-state index contributed by atoms with van der Waals surface area (Å²) in [5.74, 6) is 1.66. The van der Waals surface area contributed by atoms with Crippen molar-refractivity contribution in [3.05, 3.63) is 30.0 Å². The molecular weight excluding hydrogens is 258 g/mol. The summed E-state index contributed by atoms with van der Waals surface area (Å²) < 4.78 is 0. The number of rotatable bonds is 3. The first kappa shape index (κ1) is 14.2. The molecule has 2 aromatic rings. The Kier molecular flexibility index (Phi) is 4.00. The minimum atomic E-state index is 0.790. The van der Waals surface area contributed by atoms with Crippen molar-refractivity contribution in [3.63, 3.8) is 0 Å². The number of nitrogens with zero attached hydrogens (tertiary/aromatic N) is 1. The maximum Gasteiger partial charge on any atom is 0.0727 e. The number of hydrogen-bond acceptors (Lipinski definition) is 3. The number of nitrogen functional groups attached to an aromatic ring is 1. The lowest BCUT2D eigenvalue weighted by molar-refractivity contribution is 0.293. The second-order valence-corrected chi connectivity index (χ2v) is 6.61. The number of pyridine rings is 1. The predicted molar refractivity (Wildman–Crippen MR) is 90.5 cm³/mol. The van der Waals surface area contributed by atoms with Crippen LogP contribution in [0.1, 0.15) is 38.3 Å². The van der Waals surface area contributed by atoms with Crippen LogP contribution in [-0.2, 0) is 0 Å². The van der Waals surface area contributed by atoms with Gasteiger partial charge in [0.1, 0.15) is 0 Å². The standard InChI is InChI=1S/C18H25N3/c1-12-4-3-5-14(8-12)11-20-18-9-13(2)21-17-7-6-15(19)10-16(17)18/h6-7,9-10,12,14H,3-5,8,11,19H2,1-2H3,(H,20,21). The molecule has 1 aromatic heterocycles. The van der Waals surface area contributed by atoms with Crippen molar-refractivity contribution in [1.29, 1.82) is 0 Å². The monoisotopic (exact) mass is 283 g/mol. The molecule has 2 atom stereocenters. The van der Waals surface area contributed by atoms with E-state index in [1.807, 2.05) is 25.1 Å². The molecule has 3 N–H and O–H groups in total. The van der Waals surface area contributed by atoms with Gasteiger partial charge in [-0.2, -0.15) is 0 Å². The molecular formula is C18H25N3. The Labute approximate surface area is 127 Å². The molecule has 0 radical (unpaired) electrons. The molecule has 21 heavy (non-hydrogen) atoms. The highest BCUT2D eigenvalue weighted by Crippen LogP contribution is 2.30.